The summed E-state index contributed by atoms with van der Waals surface area (Å²) in [5, 5.41) is 0. The van der Waals surface area contributed by atoms with Gasteiger partial charge < -0.3 is 4.74 Å². The maximum atomic E-state index is 7.53. The van der Waals surface area contributed by atoms with Crippen LogP contribution in [0, 0.1) is 0 Å². The Morgan fingerprint density at radius 3 is 2.71 bits per heavy atom. The number of methoxy groups -OCH3 is 1. The third kappa shape index (κ3) is 1.98. The largest absolute Gasteiger partial charge is 0.497 e. The van der Waals surface area contributed by atoms with E-state index in [4.69, 9.17) is 6.11 Å². The van der Waals surface area contributed by atoms with Crippen LogP contribution in [0.3, 0.4) is 0 Å². The van der Waals surface area contributed by atoms with Gasteiger partial charge in [0.25, 0.3) is 0 Å². The van der Waals surface area contributed by atoms with Crippen molar-refractivity contribution in [3.05, 3.63) is 42.0 Å². The van der Waals surface area contributed by atoms with Crippen LogP contribution < -0.4 is 4.74 Å². The lowest BCUT2D eigenvalue weighted by Gasteiger charge is -2.18. The topological polar surface area (TPSA) is 9.23 Å². The van der Waals surface area contributed by atoms with Crippen LogP contribution in [0.5, 0.6) is 5.75 Å². The molecule has 0 bridgehead atoms. The monoisotopic (exact) mass is 189 g/mol. The van der Waals surface area contributed by atoms with E-state index in [1.165, 1.54) is 5.56 Å². The molecule has 0 N–H and O–H groups in total. The Morgan fingerprint density at radius 1 is 1.36 bits per heavy atom. The minimum Gasteiger partial charge on any atom is -0.497 e. The van der Waals surface area contributed by atoms with Gasteiger partial charge in [-0.3, -0.25) is 0 Å². The molecular formula is C13H16O. The summed E-state index contributed by atoms with van der Waals surface area (Å²) in [6.45, 7) is 0. The van der Waals surface area contributed by atoms with E-state index >= 15 is 0 Å². The van der Waals surface area contributed by atoms with Crippen LogP contribution in [0.15, 0.2) is 36.4 Å². The summed E-state index contributed by atoms with van der Waals surface area (Å²) in [6, 6.07) is 9.07. The van der Waals surface area contributed by atoms with E-state index in [1.807, 2.05) is 18.2 Å². The molecule has 1 atom stereocenters. The van der Waals surface area contributed by atoms with Crippen molar-refractivity contribution in [3.8, 4) is 5.75 Å². The van der Waals surface area contributed by atoms with Crippen LogP contribution in [0.4, 0.5) is 0 Å². The average molecular weight is 189 g/mol. The van der Waals surface area contributed by atoms with E-state index in [0.717, 1.165) is 31.1 Å². The molecule has 0 spiro atoms. The molecule has 1 aliphatic rings. The summed E-state index contributed by atoms with van der Waals surface area (Å²) in [4.78, 5) is 0. The molecule has 1 aliphatic carbocycles. The summed E-state index contributed by atoms with van der Waals surface area (Å²) < 4.78 is 12.7. The summed E-state index contributed by atoms with van der Waals surface area (Å²) in [5.74, 6) is 1.50. The van der Waals surface area contributed by atoms with Gasteiger partial charge in [0, 0.05) is 0 Å². The second-order valence-corrected chi connectivity index (χ2v) is 3.65. The van der Waals surface area contributed by atoms with Crippen molar-refractivity contribution in [2.75, 3.05) is 7.11 Å². The number of allylic oxidation sites excluding steroid dienone is 2. The zero-order chi connectivity index (χ0) is 10.7. The predicted molar refractivity (Wildman–Crippen MR) is 58.7 cm³/mol. The van der Waals surface area contributed by atoms with E-state index in [9.17, 15) is 0 Å². The molecule has 0 fully saturated rings. The Bertz CT molecular complexity index is 353. The van der Waals surface area contributed by atoms with E-state index in [2.05, 4.69) is 12.1 Å². The van der Waals surface area contributed by atoms with E-state index in [0.29, 0.717) is 5.92 Å². The average Bonchev–Trinajstić information content (AvgIpc) is 2.30. The van der Waals surface area contributed by atoms with Gasteiger partial charge in [0.05, 0.1) is 8.48 Å². The molecule has 1 aromatic carbocycles. The molecule has 0 aliphatic heterocycles. The molecule has 74 valence electrons. The van der Waals surface area contributed by atoms with Crippen LogP contribution in [0.2, 0.25) is 0 Å². The smallest absolute Gasteiger partial charge is 0.118 e. The van der Waals surface area contributed by atoms with Crippen LogP contribution in [0.1, 0.15) is 32.1 Å². The molecule has 0 saturated heterocycles. The van der Waals surface area contributed by atoms with Crippen molar-refractivity contribution in [3.63, 3.8) is 0 Å². The van der Waals surface area contributed by atoms with Crippen LogP contribution in [-0.2, 0) is 0 Å². The molecule has 1 nitrogen and oxygen atoms in total. The van der Waals surface area contributed by atoms with Crippen molar-refractivity contribution in [1.29, 1.82) is 0 Å². The fourth-order valence-corrected chi connectivity index (χ4v) is 1.88. The number of hydrogen-bond acceptors (Lipinski definition) is 1. The van der Waals surface area contributed by atoms with Crippen LogP contribution in [-0.4, -0.2) is 7.11 Å². The van der Waals surface area contributed by atoms with Crippen molar-refractivity contribution in [1.82, 2.24) is 0 Å². The molecule has 0 saturated carbocycles. The van der Waals surface area contributed by atoms with Crippen molar-refractivity contribution in [2.24, 2.45) is 0 Å². The van der Waals surface area contributed by atoms with Gasteiger partial charge in [-0.2, -0.15) is 0 Å². The lowest BCUT2D eigenvalue weighted by Crippen LogP contribution is -2.00. The molecular weight excluding hydrogens is 172 g/mol. The molecule has 14 heavy (non-hydrogen) atoms. The second-order valence-electron chi connectivity index (χ2n) is 3.65. The van der Waals surface area contributed by atoms with Crippen molar-refractivity contribution in [2.45, 2.75) is 25.2 Å². The predicted octanol–water partition coefficient (Wildman–Crippen LogP) is 3.52. The Hall–Kier alpha value is -1.24. The first-order chi connectivity index (χ1) is 7.29. The minimum absolute atomic E-state index is 0.588. The van der Waals surface area contributed by atoms with Gasteiger partial charge in [-0.15, -0.1) is 0 Å². The summed E-state index contributed by atoms with van der Waals surface area (Å²) in [6.07, 6.45) is 5.06. The SMILES string of the molecule is [2H]C1=CCC(c2ccc(OC)cc2)CC1. The third-order valence-electron chi connectivity index (χ3n) is 2.77. The maximum Gasteiger partial charge on any atom is 0.118 e. The number of ether oxygens (including phenoxy) is 1. The highest BCUT2D eigenvalue weighted by molar-refractivity contribution is 5.30. The molecule has 1 unspecified atom stereocenters. The first-order valence-corrected chi connectivity index (χ1v) is 5.09. The van der Waals surface area contributed by atoms with Crippen molar-refractivity contribution >= 4 is 0 Å². The summed E-state index contributed by atoms with van der Waals surface area (Å²) >= 11 is 0. The standard InChI is InChI=1S/C13H16O/c1-14-13-9-7-12(8-10-13)11-5-3-2-4-6-11/h2-3,7-11H,4-6H2,1H3/i2D. The van der Waals surface area contributed by atoms with Crippen molar-refractivity contribution < 1.29 is 6.11 Å². The lowest BCUT2D eigenvalue weighted by molar-refractivity contribution is 0.414. The number of rotatable bonds is 2. The second kappa shape index (κ2) is 4.32. The zero-order valence-corrected chi connectivity index (χ0v) is 8.49. The molecule has 2 rings (SSSR count). The molecule has 0 aromatic heterocycles. The third-order valence-corrected chi connectivity index (χ3v) is 2.77. The van der Waals surface area contributed by atoms with E-state index in [1.54, 1.807) is 7.11 Å². The molecule has 1 heteroatoms. The molecule has 1 aromatic rings. The number of benzene rings is 1. The maximum absolute atomic E-state index is 7.53. The fourth-order valence-electron chi connectivity index (χ4n) is 1.88. The number of hydrogen-bond donors (Lipinski definition) is 0. The van der Waals surface area contributed by atoms with Gasteiger partial charge in [-0.05, 0) is 42.9 Å². The zero-order valence-electron chi connectivity index (χ0n) is 9.49. The van der Waals surface area contributed by atoms with Gasteiger partial charge in [0.15, 0.2) is 0 Å². The molecule has 0 radical (unpaired) electrons. The first-order valence-electron chi connectivity index (χ1n) is 5.59. The minimum atomic E-state index is 0.588. The van der Waals surface area contributed by atoms with Gasteiger partial charge in [0.2, 0.25) is 0 Å². The van der Waals surface area contributed by atoms with Crippen LogP contribution in [0.25, 0.3) is 0 Å². The van der Waals surface area contributed by atoms with Crippen LogP contribution >= 0.6 is 0 Å². The highest BCUT2D eigenvalue weighted by atomic mass is 16.5. The fraction of sp³-hybridized carbons (Fsp3) is 0.385. The summed E-state index contributed by atoms with van der Waals surface area (Å²) in [5.41, 5.74) is 1.36. The Morgan fingerprint density at radius 2 is 2.14 bits per heavy atom. The van der Waals surface area contributed by atoms with E-state index in [-0.39, 0.29) is 0 Å². The molecule has 0 heterocycles. The Labute approximate surface area is 86.8 Å². The molecule has 0 amide bonds. The normalized spacial score (nSPS) is 22.5. The van der Waals surface area contributed by atoms with Gasteiger partial charge >= 0.3 is 0 Å². The first kappa shape index (κ1) is 8.10. The Balaban J connectivity index is 2.10. The van der Waals surface area contributed by atoms with E-state index < -0.39 is 0 Å². The Kier molecular flexibility index (Phi) is 2.50. The van der Waals surface area contributed by atoms with Gasteiger partial charge in [-0.1, -0.05) is 24.3 Å². The highest BCUT2D eigenvalue weighted by Gasteiger charge is 2.11. The quantitative estimate of drug-likeness (QED) is 0.647. The highest BCUT2D eigenvalue weighted by Crippen LogP contribution is 2.29. The lowest BCUT2D eigenvalue weighted by atomic mass is 9.88. The summed E-state index contributed by atoms with van der Waals surface area (Å²) in [7, 11) is 1.69. The van der Waals surface area contributed by atoms with Gasteiger partial charge in [0.1, 0.15) is 5.75 Å². The van der Waals surface area contributed by atoms with Gasteiger partial charge in [-0.25, -0.2) is 0 Å².